The molecule has 0 spiro atoms. The van der Waals surface area contributed by atoms with Crippen molar-refractivity contribution in [3.63, 3.8) is 0 Å². The van der Waals surface area contributed by atoms with E-state index in [2.05, 4.69) is 0 Å². The molecule has 0 atom stereocenters. The molecule has 1 aliphatic heterocycles. The van der Waals surface area contributed by atoms with Crippen molar-refractivity contribution < 1.29 is 9.18 Å². The first kappa shape index (κ1) is 9.74. The molecule has 14 heavy (non-hydrogen) atoms. The predicted molar refractivity (Wildman–Crippen MR) is 56.0 cm³/mol. The minimum atomic E-state index is -0.391. The van der Waals surface area contributed by atoms with Crippen molar-refractivity contribution in [1.29, 1.82) is 0 Å². The van der Waals surface area contributed by atoms with Gasteiger partial charge in [-0.3, -0.25) is 4.79 Å². The van der Waals surface area contributed by atoms with E-state index < -0.39 is 5.82 Å². The highest BCUT2D eigenvalue weighted by Gasteiger charge is 2.22. The molecule has 0 fully saturated rings. The van der Waals surface area contributed by atoms with E-state index >= 15 is 0 Å². The van der Waals surface area contributed by atoms with E-state index in [-0.39, 0.29) is 5.78 Å². The molecule has 1 aromatic rings. The summed E-state index contributed by atoms with van der Waals surface area (Å²) >= 11 is 6.86. The number of rotatable bonds is 0. The van der Waals surface area contributed by atoms with Crippen molar-refractivity contribution in [1.82, 2.24) is 0 Å². The van der Waals surface area contributed by atoms with Crippen LogP contribution in [-0.4, -0.2) is 5.78 Å². The number of fused-ring (bicyclic) bond motifs is 1. The molecule has 0 radical (unpaired) electrons. The van der Waals surface area contributed by atoms with Gasteiger partial charge in [-0.05, 0) is 17.7 Å². The minimum Gasteiger partial charge on any atom is -0.288 e. The van der Waals surface area contributed by atoms with Gasteiger partial charge in [0, 0.05) is 16.9 Å². The fourth-order valence-electron chi connectivity index (χ4n) is 1.32. The van der Waals surface area contributed by atoms with Crippen LogP contribution in [0.4, 0.5) is 4.39 Å². The van der Waals surface area contributed by atoms with E-state index in [4.69, 9.17) is 11.6 Å². The van der Waals surface area contributed by atoms with Crippen LogP contribution in [0.5, 0.6) is 0 Å². The third kappa shape index (κ3) is 1.57. The van der Waals surface area contributed by atoms with Gasteiger partial charge in [0.1, 0.15) is 5.82 Å². The maximum Gasteiger partial charge on any atom is 0.200 e. The highest BCUT2D eigenvalue weighted by Crippen LogP contribution is 2.33. The van der Waals surface area contributed by atoms with Crippen LogP contribution in [-0.2, 0) is 5.75 Å². The van der Waals surface area contributed by atoms with Gasteiger partial charge in [-0.25, -0.2) is 4.39 Å². The lowest BCUT2D eigenvalue weighted by Crippen LogP contribution is -2.10. The van der Waals surface area contributed by atoms with Gasteiger partial charge in [0.2, 0.25) is 5.78 Å². The Labute approximate surface area is 89.9 Å². The molecule has 0 N–H and O–H groups in total. The first-order chi connectivity index (χ1) is 6.72. The Morgan fingerprint density at radius 3 is 3.00 bits per heavy atom. The lowest BCUT2D eigenvalue weighted by atomic mass is 10.0. The maximum absolute atomic E-state index is 12.9. The molecule has 0 bridgehead atoms. The Morgan fingerprint density at radius 1 is 1.50 bits per heavy atom. The molecule has 0 aromatic heterocycles. The summed E-state index contributed by atoms with van der Waals surface area (Å²) in [4.78, 5) is 12.1. The summed E-state index contributed by atoms with van der Waals surface area (Å²) in [6.07, 6.45) is 0. The Hall–Kier alpha value is -0.800. The van der Waals surface area contributed by atoms with Crippen LogP contribution >= 0.6 is 23.4 Å². The summed E-state index contributed by atoms with van der Waals surface area (Å²) in [5.74, 6) is 0.0866. The summed E-state index contributed by atoms with van der Waals surface area (Å²) in [6, 6.07) is 4.26. The molecule has 0 amide bonds. The van der Waals surface area contributed by atoms with Crippen molar-refractivity contribution in [2.75, 3.05) is 0 Å². The zero-order valence-corrected chi connectivity index (χ0v) is 8.66. The average molecular weight is 229 g/mol. The molecule has 4 heteroatoms. The Kier molecular flexibility index (Phi) is 2.61. The summed E-state index contributed by atoms with van der Waals surface area (Å²) < 4.78 is 12.9. The number of thioether (sulfide) groups is 1. The fraction of sp³-hybridized carbons (Fsp3) is 0.100. The standard InChI is InChI=1S/C10H6ClFOS/c11-4-9-10(13)8-3-7(12)2-1-6(8)5-14-9/h1-4H,5H2/b9-4+. The van der Waals surface area contributed by atoms with Gasteiger partial charge in [0.05, 0.1) is 4.91 Å². The third-order valence-electron chi connectivity index (χ3n) is 2.02. The number of halogens is 2. The highest BCUT2D eigenvalue weighted by atomic mass is 35.5. The average Bonchev–Trinajstić information content (AvgIpc) is 2.20. The Balaban J connectivity index is 2.54. The van der Waals surface area contributed by atoms with Gasteiger partial charge in [0.15, 0.2) is 0 Å². The van der Waals surface area contributed by atoms with Crippen molar-refractivity contribution in [2.45, 2.75) is 5.75 Å². The van der Waals surface area contributed by atoms with E-state index in [1.54, 1.807) is 6.07 Å². The molecule has 2 rings (SSSR count). The van der Waals surface area contributed by atoms with Gasteiger partial charge < -0.3 is 0 Å². The monoisotopic (exact) mass is 228 g/mol. The van der Waals surface area contributed by atoms with E-state index in [1.807, 2.05) is 0 Å². The van der Waals surface area contributed by atoms with Crippen molar-refractivity contribution in [2.24, 2.45) is 0 Å². The molecule has 72 valence electrons. The van der Waals surface area contributed by atoms with Crippen molar-refractivity contribution in [3.8, 4) is 0 Å². The first-order valence-corrected chi connectivity index (χ1v) is 5.41. The van der Waals surface area contributed by atoms with Crippen LogP contribution < -0.4 is 0 Å². The molecule has 0 aliphatic carbocycles. The SMILES string of the molecule is O=C1/C(=C\Cl)SCc2ccc(F)cc21. The molecule has 0 saturated carbocycles. The number of ketones is 1. The smallest absolute Gasteiger partial charge is 0.200 e. The molecular formula is C10H6ClFOS. The largest absolute Gasteiger partial charge is 0.288 e. The molecular weight excluding hydrogens is 223 g/mol. The fourth-order valence-corrected chi connectivity index (χ4v) is 2.48. The predicted octanol–water partition coefficient (Wildman–Crippen LogP) is 3.34. The number of benzene rings is 1. The first-order valence-electron chi connectivity index (χ1n) is 3.98. The van der Waals surface area contributed by atoms with Crippen LogP contribution in [0.3, 0.4) is 0 Å². The second-order valence-corrected chi connectivity index (χ2v) is 4.13. The molecule has 0 saturated heterocycles. The van der Waals surface area contributed by atoms with Crippen LogP contribution in [0.25, 0.3) is 0 Å². The topological polar surface area (TPSA) is 17.1 Å². The lowest BCUT2D eigenvalue weighted by Gasteiger charge is -2.15. The summed E-state index contributed by atoms with van der Waals surface area (Å²) in [6.45, 7) is 0. The number of hydrogen-bond acceptors (Lipinski definition) is 2. The molecule has 0 unspecified atom stereocenters. The normalized spacial score (nSPS) is 18.4. The number of Topliss-reactive ketones (excluding diaryl/α,β-unsaturated/α-hetero) is 1. The van der Waals surface area contributed by atoms with E-state index in [9.17, 15) is 9.18 Å². The number of allylic oxidation sites excluding steroid dienone is 1. The zero-order valence-electron chi connectivity index (χ0n) is 7.09. The van der Waals surface area contributed by atoms with Crippen LogP contribution in [0.15, 0.2) is 28.6 Å². The third-order valence-corrected chi connectivity index (χ3v) is 3.44. The summed E-state index contributed by atoms with van der Waals surface area (Å²) in [7, 11) is 0. The summed E-state index contributed by atoms with van der Waals surface area (Å²) in [5, 5.41) is 0. The van der Waals surface area contributed by atoms with Crippen molar-refractivity contribution in [3.05, 3.63) is 45.6 Å². The highest BCUT2D eigenvalue weighted by molar-refractivity contribution is 8.03. The molecule has 1 nitrogen and oxygen atoms in total. The minimum absolute atomic E-state index is 0.189. The van der Waals surface area contributed by atoms with Crippen LogP contribution in [0, 0.1) is 5.82 Å². The molecule has 1 heterocycles. The molecule has 1 aliphatic rings. The Morgan fingerprint density at radius 2 is 2.29 bits per heavy atom. The van der Waals surface area contributed by atoms with Gasteiger partial charge >= 0.3 is 0 Å². The van der Waals surface area contributed by atoms with E-state index in [0.29, 0.717) is 16.2 Å². The van der Waals surface area contributed by atoms with Crippen LogP contribution in [0.2, 0.25) is 0 Å². The maximum atomic E-state index is 12.9. The number of hydrogen-bond donors (Lipinski definition) is 0. The van der Waals surface area contributed by atoms with Gasteiger partial charge in [-0.2, -0.15) is 0 Å². The van der Waals surface area contributed by atoms with Gasteiger partial charge in [0.25, 0.3) is 0 Å². The Bertz CT molecular complexity index is 428. The number of carbonyl (C=O) groups excluding carboxylic acids is 1. The lowest BCUT2D eigenvalue weighted by molar-refractivity contribution is 0.104. The number of carbonyl (C=O) groups is 1. The van der Waals surface area contributed by atoms with Crippen molar-refractivity contribution >= 4 is 29.1 Å². The molecule has 1 aromatic carbocycles. The van der Waals surface area contributed by atoms with E-state index in [1.165, 1.54) is 29.4 Å². The zero-order chi connectivity index (χ0) is 10.1. The van der Waals surface area contributed by atoms with Gasteiger partial charge in [-0.1, -0.05) is 17.7 Å². The second-order valence-electron chi connectivity index (χ2n) is 2.89. The van der Waals surface area contributed by atoms with Crippen LogP contribution in [0.1, 0.15) is 15.9 Å². The van der Waals surface area contributed by atoms with E-state index in [0.717, 1.165) is 5.56 Å². The quantitative estimate of drug-likeness (QED) is 0.634. The van der Waals surface area contributed by atoms with Gasteiger partial charge in [-0.15, -0.1) is 11.8 Å². The second kappa shape index (κ2) is 3.75. The summed E-state index contributed by atoms with van der Waals surface area (Å²) in [5.41, 5.74) is 2.54.